The minimum atomic E-state index is -0.136. The van der Waals surface area contributed by atoms with Crippen LogP contribution in [0, 0.1) is 5.41 Å². The fourth-order valence-corrected chi connectivity index (χ4v) is 2.72. The zero-order valence-electron chi connectivity index (χ0n) is 10.9. The van der Waals surface area contributed by atoms with Crippen LogP contribution in [-0.2, 0) is 11.2 Å². The van der Waals surface area contributed by atoms with Crippen LogP contribution < -0.4 is 5.32 Å². The Balaban J connectivity index is 2.07. The highest BCUT2D eigenvalue weighted by atomic mass is 16.3. The molecule has 1 saturated heterocycles. The van der Waals surface area contributed by atoms with Crippen molar-refractivity contribution < 1.29 is 9.90 Å². The first-order valence-corrected chi connectivity index (χ1v) is 6.68. The highest BCUT2D eigenvalue weighted by molar-refractivity contribution is 5.87. The molecule has 0 radical (unpaired) electrons. The number of hydrogen-bond donors (Lipinski definition) is 2. The molecule has 98 valence electrons. The van der Waals surface area contributed by atoms with E-state index in [2.05, 4.69) is 12.2 Å². The molecule has 0 saturated carbocycles. The van der Waals surface area contributed by atoms with Crippen LogP contribution in [-0.4, -0.2) is 24.0 Å². The summed E-state index contributed by atoms with van der Waals surface area (Å²) >= 11 is 0. The number of phenols is 1. The monoisotopic (exact) mass is 247 g/mol. The first-order valence-electron chi connectivity index (χ1n) is 6.68. The first-order chi connectivity index (χ1) is 8.66. The molecule has 1 aromatic rings. The average molecular weight is 247 g/mol. The minimum Gasteiger partial charge on any atom is -0.508 e. The molecule has 3 nitrogen and oxygen atoms in total. The van der Waals surface area contributed by atoms with Crippen LogP contribution in [0.4, 0.5) is 0 Å². The van der Waals surface area contributed by atoms with Crippen molar-refractivity contribution >= 4 is 5.78 Å². The third-order valence-electron chi connectivity index (χ3n) is 4.13. The van der Waals surface area contributed by atoms with Gasteiger partial charge in [0.25, 0.3) is 0 Å². The fourth-order valence-electron chi connectivity index (χ4n) is 2.72. The molecule has 1 heterocycles. The van der Waals surface area contributed by atoms with Crippen LogP contribution in [0.25, 0.3) is 0 Å². The van der Waals surface area contributed by atoms with Crippen molar-refractivity contribution in [3.63, 3.8) is 0 Å². The summed E-state index contributed by atoms with van der Waals surface area (Å²) in [5, 5.41) is 12.6. The second-order valence-corrected chi connectivity index (χ2v) is 5.15. The van der Waals surface area contributed by atoms with Gasteiger partial charge in [0.05, 0.1) is 0 Å². The molecule has 1 aromatic carbocycles. The topological polar surface area (TPSA) is 49.3 Å². The van der Waals surface area contributed by atoms with E-state index in [1.807, 2.05) is 12.1 Å². The Morgan fingerprint density at radius 2 is 1.89 bits per heavy atom. The lowest BCUT2D eigenvalue weighted by Crippen LogP contribution is -2.42. The van der Waals surface area contributed by atoms with Gasteiger partial charge in [-0.2, -0.15) is 0 Å². The largest absolute Gasteiger partial charge is 0.508 e. The van der Waals surface area contributed by atoms with Gasteiger partial charge in [-0.1, -0.05) is 19.1 Å². The second-order valence-electron chi connectivity index (χ2n) is 5.15. The zero-order chi connectivity index (χ0) is 13.0. The van der Waals surface area contributed by atoms with Gasteiger partial charge in [0.15, 0.2) is 0 Å². The lowest BCUT2D eigenvalue weighted by Gasteiger charge is -2.35. The van der Waals surface area contributed by atoms with Crippen molar-refractivity contribution in [1.82, 2.24) is 5.32 Å². The molecule has 1 aliphatic heterocycles. The van der Waals surface area contributed by atoms with Crippen LogP contribution in [0.3, 0.4) is 0 Å². The van der Waals surface area contributed by atoms with Crippen LogP contribution in [0.15, 0.2) is 24.3 Å². The molecule has 2 rings (SSSR count). The van der Waals surface area contributed by atoms with Crippen LogP contribution >= 0.6 is 0 Å². The van der Waals surface area contributed by atoms with E-state index in [-0.39, 0.29) is 11.2 Å². The third-order valence-corrected chi connectivity index (χ3v) is 4.13. The molecule has 0 aliphatic carbocycles. The molecule has 0 atom stereocenters. The average Bonchev–Trinajstić information content (AvgIpc) is 2.42. The number of Topliss-reactive ketones (excluding diaryl/α,β-unsaturated/α-hetero) is 1. The van der Waals surface area contributed by atoms with E-state index >= 15 is 0 Å². The van der Waals surface area contributed by atoms with Crippen molar-refractivity contribution in [2.24, 2.45) is 5.41 Å². The summed E-state index contributed by atoms with van der Waals surface area (Å²) in [7, 11) is 0. The van der Waals surface area contributed by atoms with Crippen molar-refractivity contribution in [2.45, 2.75) is 32.6 Å². The van der Waals surface area contributed by atoms with Gasteiger partial charge in [0, 0.05) is 11.8 Å². The van der Waals surface area contributed by atoms with Gasteiger partial charge < -0.3 is 10.4 Å². The Morgan fingerprint density at radius 3 is 2.44 bits per heavy atom. The number of phenolic OH excluding ortho intramolecular Hbond substituents is 1. The molecule has 1 fully saturated rings. The number of hydrogen-bond acceptors (Lipinski definition) is 3. The van der Waals surface area contributed by atoms with Gasteiger partial charge in [-0.25, -0.2) is 0 Å². The Bertz CT molecular complexity index is 405. The first kappa shape index (κ1) is 13.1. The third kappa shape index (κ3) is 2.72. The Hall–Kier alpha value is -1.35. The molecule has 0 aromatic heterocycles. The lowest BCUT2D eigenvalue weighted by molar-refractivity contribution is -0.129. The smallest absolute Gasteiger partial charge is 0.143 e. The molecular formula is C15H21NO2. The highest BCUT2D eigenvalue weighted by Gasteiger charge is 2.36. The summed E-state index contributed by atoms with van der Waals surface area (Å²) in [6.07, 6.45) is 3.29. The lowest BCUT2D eigenvalue weighted by atomic mass is 9.72. The number of ketones is 1. The predicted molar refractivity (Wildman–Crippen MR) is 71.6 cm³/mol. The van der Waals surface area contributed by atoms with E-state index in [1.165, 1.54) is 0 Å². The number of rotatable bonds is 4. The van der Waals surface area contributed by atoms with Gasteiger partial charge in [-0.15, -0.1) is 0 Å². The van der Waals surface area contributed by atoms with Crippen LogP contribution in [0.2, 0.25) is 0 Å². The minimum absolute atomic E-state index is 0.136. The second kappa shape index (κ2) is 5.53. The van der Waals surface area contributed by atoms with Crippen molar-refractivity contribution in [3.8, 4) is 5.75 Å². The molecule has 0 unspecified atom stereocenters. The van der Waals surface area contributed by atoms with Gasteiger partial charge in [0.2, 0.25) is 0 Å². The maximum Gasteiger partial charge on any atom is 0.143 e. The Morgan fingerprint density at radius 1 is 1.28 bits per heavy atom. The summed E-state index contributed by atoms with van der Waals surface area (Å²) in [4.78, 5) is 12.5. The Labute approximate surface area is 108 Å². The van der Waals surface area contributed by atoms with Crippen molar-refractivity contribution in [1.29, 1.82) is 0 Å². The summed E-state index contributed by atoms with van der Waals surface area (Å²) in [6, 6.07) is 6.95. The number of carbonyl (C=O) groups is 1. The molecule has 3 heteroatoms. The van der Waals surface area contributed by atoms with Crippen LogP contribution in [0.1, 0.15) is 31.7 Å². The summed E-state index contributed by atoms with van der Waals surface area (Å²) in [5.74, 6) is 0.593. The fraction of sp³-hybridized carbons (Fsp3) is 0.533. The molecular weight excluding hydrogens is 226 g/mol. The van der Waals surface area contributed by atoms with Gasteiger partial charge in [-0.3, -0.25) is 4.79 Å². The summed E-state index contributed by atoms with van der Waals surface area (Å²) in [5.41, 5.74) is 0.854. The Kier molecular flexibility index (Phi) is 4.02. The van der Waals surface area contributed by atoms with Gasteiger partial charge >= 0.3 is 0 Å². The molecule has 0 bridgehead atoms. The van der Waals surface area contributed by atoms with E-state index in [9.17, 15) is 9.90 Å². The van der Waals surface area contributed by atoms with Gasteiger partial charge in [-0.05, 0) is 50.0 Å². The van der Waals surface area contributed by atoms with E-state index in [1.54, 1.807) is 12.1 Å². The number of piperidine rings is 1. The predicted octanol–water partition coefficient (Wildman–Crippen LogP) is 2.28. The highest BCUT2D eigenvalue weighted by Crippen LogP contribution is 2.34. The van der Waals surface area contributed by atoms with Gasteiger partial charge in [0.1, 0.15) is 11.5 Å². The summed E-state index contributed by atoms with van der Waals surface area (Å²) < 4.78 is 0. The standard InChI is InChI=1S/C15H21NO2/c1-2-15(7-9-16-10-8-15)14(18)11-12-3-5-13(17)6-4-12/h3-6,16-17H,2,7-11H2,1H3. The maximum absolute atomic E-state index is 12.5. The summed E-state index contributed by atoms with van der Waals surface area (Å²) in [6.45, 7) is 3.99. The molecule has 18 heavy (non-hydrogen) atoms. The van der Waals surface area contributed by atoms with Crippen LogP contribution in [0.5, 0.6) is 5.75 Å². The van der Waals surface area contributed by atoms with Crippen molar-refractivity contribution in [3.05, 3.63) is 29.8 Å². The van der Waals surface area contributed by atoms with E-state index in [0.29, 0.717) is 12.2 Å². The van der Waals surface area contributed by atoms with E-state index < -0.39 is 0 Å². The number of aromatic hydroxyl groups is 1. The SMILES string of the molecule is CCC1(C(=O)Cc2ccc(O)cc2)CCNCC1. The number of nitrogens with one attached hydrogen (secondary N) is 1. The normalized spacial score (nSPS) is 18.5. The van der Waals surface area contributed by atoms with E-state index in [0.717, 1.165) is 37.9 Å². The number of carbonyl (C=O) groups excluding carboxylic acids is 1. The number of benzene rings is 1. The molecule has 0 amide bonds. The molecule has 1 aliphatic rings. The maximum atomic E-state index is 12.5. The van der Waals surface area contributed by atoms with E-state index in [4.69, 9.17) is 0 Å². The zero-order valence-corrected chi connectivity index (χ0v) is 10.9. The molecule has 0 spiro atoms. The molecule has 2 N–H and O–H groups in total. The quantitative estimate of drug-likeness (QED) is 0.858. The van der Waals surface area contributed by atoms with Crippen molar-refractivity contribution in [2.75, 3.05) is 13.1 Å².